The number of esters is 1. The molecule has 1 aromatic heterocycles. The van der Waals surface area contributed by atoms with Crippen molar-refractivity contribution in [3.05, 3.63) is 52.2 Å². The Balaban J connectivity index is 1.72. The predicted octanol–water partition coefficient (Wildman–Crippen LogP) is 1.07. The third kappa shape index (κ3) is 5.17. The molecule has 0 unspecified atom stereocenters. The number of ether oxygens (including phenoxy) is 2. The van der Waals surface area contributed by atoms with E-state index in [1.807, 2.05) is 17.5 Å². The first kappa shape index (κ1) is 21.8. The zero-order chi connectivity index (χ0) is 21.5. The van der Waals surface area contributed by atoms with Crippen LogP contribution in [0, 0.1) is 0 Å². The molecule has 0 saturated carbocycles. The number of hydrogen-bond donors (Lipinski definition) is 2. The van der Waals surface area contributed by atoms with Crippen LogP contribution in [0.2, 0.25) is 0 Å². The summed E-state index contributed by atoms with van der Waals surface area (Å²) in [6.45, 7) is 1.34. The second-order valence-electron chi connectivity index (χ2n) is 6.83. The highest BCUT2D eigenvalue weighted by molar-refractivity contribution is 7.12. The first-order valence-corrected chi connectivity index (χ1v) is 10.5. The van der Waals surface area contributed by atoms with Gasteiger partial charge in [0, 0.05) is 26.1 Å². The number of methoxy groups -OCH3 is 2. The maximum atomic E-state index is 13.0. The molecular weight excluding hydrogens is 406 g/mol. The number of nitrogens with zero attached hydrogens (tertiary/aromatic N) is 1. The van der Waals surface area contributed by atoms with E-state index in [0.717, 1.165) is 5.56 Å². The molecule has 1 saturated heterocycles. The standard InChI is InChI=1S/C21H25N3O5S/c1-28-15-7-5-14(6-8-15)12-16(21(27)29-2)23-19(25)17-13-22-9-10-24(17)20(26)18-4-3-11-30-18/h3-8,11,16-17,22H,9-10,12-13H2,1-2H3,(H,23,25)/t16-,17+/m0/s1. The van der Waals surface area contributed by atoms with Crippen molar-refractivity contribution in [3.8, 4) is 5.75 Å². The Morgan fingerprint density at radius 1 is 1.23 bits per heavy atom. The zero-order valence-electron chi connectivity index (χ0n) is 16.9. The van der Waals surface area contributed by atoms with Crippen LogP contribution in [0.1, 0.15) is 15.2 Å². The second kappa shape index (κ2) is 10.2. The van der Waals surface area contributed by atoms with Crippen LogP contribution >= 0.6 is 11.3 Å². The van der Waals surface area contributed by atoms with Crippen molar-refractivity contribution in [1.82, 2.24) is 15.5 Å². The Bertz CT molecular complexity index is 869. The summed E-state index contributed by atoms with van der Waals surface area (Å²) in [6.07, 6.45) is 0.265. The molecule has 1 aromatic carbocycles. The van der Waals surface area contributed by atoms with E-state index >= 15 is 0 Å². The minimum absolute atomic E-state index is 0.184. The van der Waals surface area contributed by atoms with Crippen LogP contribution in [0.4, 0.5) is 0 Å². The molecule has 160 valence electrons. The molecule has 8 nitrogen and oxygen atoms in total. The molecule has 1 aliphatic rings. The topological polar surface area (TPSA) is 97.0 Å². The van der Waals surface area contributed by atoms with Crippen LogP contribution in [-0.2, 0) is 20.7 Å². The number of rotatable bonds is 7. The first-order chi connectivity index (χ1) is 14.5. The van der Waals surface area contributed by atoms with Gasteiger partial charge in [0.1, 0.15) is 17.8 Å². The molecule has 2 heterocycles. The van der Waals surface area contributed by atoms with Crippen molar-refractivity contribution in [2.45, 2.75) is 18.5 Å². The maximum absolute atomic E-state index is 13.0. The number of amides is 2. The van der Waals surface area contributed by atoms with Crippen LogP contribution in [-0.4, -0.2) is 68.6 Å². The van der Waals surface area contributed by atoms with Gasteiger partial charge in [-0.3, -0.25) is 9.59 Å². The Labute approximate surface area is 179 Å². The number of benzene rings is 1. The van der Waals surface area contributed by atoms with Gasteiger partial charge < -0.3 is 25.0 Å². The van der Waals surface area contributed by atoms with Gasteiger partial charge in [0.15, 0.2) is 0 Å². The van der Waals surface area contributed by atoms with Crippen LogP contribution in [0.5, 0.6) is 5.75 Å². The molecule has 1 fully saturated rings. The average Bonchev–Trinajstić information content (AvgIpc) is 3.33. The highest BCUT2D eigenvalue weighted by Crippen LogP contribution is 2.17. The summed E-state index contributed by atoms with van der Waals surface area (Å²) in [7, 11) is 2.86. The number of nitrogens with one attached hydrogen (secondary N) is 2. The zero-order valence-corrected chi connectivity index (χ0v) is 17.7. The molecule has 0 spiro atoms. The fourth-order valence-corrected chi connectivity index (χ4v) is 4.00. The Morgan fingerprint density at radius 2 is 2.00 bits per heavy atom. The monoisotopic (exact) mass is 431 g/mol. The maximum Gasteiger partial charge on any atom is 0.328 e. The molecule has 2 N–H and O–H groups in total. The van der Waals surface area contributed by atoms with E-state index in [1.54, 1.807) is 36.3 Å². The number of carbonyl (C=O) groups excluding carboxylic acids is 3. The lowest BCUT2D eigenvalue weighted by Crippen LogP contribution is -2.61. The van der Waals surface area contributed by atoms with Gasteiger partial charge in [0.25, 0.3) is 5.91 Å². The van der Waals surface area contributed by atoms with Gasteiger partial charge in [0.2, 0.25) is 5.91 Å². The van der Waals surface area contributed by atoms with Gasteiger partial charge in [-0.2, -0.15) is 0 Å². The van der Waals surface area contributed by atoms with Crippen molar-refractivity contribution in [2.75, 3.05) is 33.9 Å². The first-order valence-electron chi connectivity index (χ1n) is 9.59. The minimum atomic E-state index is -0.864. The highest BCUT2D eigenvalue weighted by atomic mass is 32.1. The van der Waals surface area contributed by atoms with E-state index < -0.39 is 24.0 Å². The summed E-state index contributed by atoms with van der Waals surface area (Å²) in [5.41, 5.74) is 0.847. The molecule has 0 radical (unpaired) electrons. The molecule has 1 aliphatic heterocycles. The third-order valence-electron chi connectivity index (χ3n) is 4.94. The summed E-state index contributed by atoms with van der Waals surface area (Å²) in [4.78, 5) is 40.3. The summed E-state index contributed by atoms with van der Waals surface area (Å²) < 4.78 is 10.0. The number of hydrogen-bond acceptors (Lipinski definition) is 7. The molecule has 0 bridgehead atoms. The molecule has 0 aliphatic carbocycles. The van der Waals surface area contributed by atoms with Crippen molar-refractivity contribution < 1.29 is 23.9 Å². The van der Waals surface area contributed by atoms with E-state index in [1.165, 1.54) is 18.4 Å². The third-order valence-corrected chi connectivity index (χ3v) is 5.80. The number of piperazine rings is 1. The quantitative estimate of drug-likeness (QED) is 0.637. The van der Waals surface area contributed by atoms with Gasteiger partial charge in [0.05, 0.1) is 19.1 Å². The highest BCUT2D eigenvalue weighted by Gasteiger charge is 2.35. The Hall–Kier alpha value is -2.91. The fraction of sp³-hybridized carbons (Fsp3) is 0.381. The van der Waals surface area contributed by atoms with Gasteiger partial charge in [-0.1, -0.05) is 18.2 Å². The Morgan fingerprint density at radius 3 is 2.63 bits per heavy atom. The van der Waals surface area contributed by atoms with Crippen molar-refractivity contribution in [2.24, 2.45) is 0 Å². The average molecular weight is 432 g/mol. The van der Waals surface area contributed by atoms with E-state index in [-0.39, 0.29) is 12.3 Å². The van der Waals surface area contributed by atoms with E-state index in [2.05, 4.69) is 10.6 Å². The van der Waals surface area contributed by atoms with Crippen LogP contribution in [0.25, 0.3) is 0 Å². The van der Waals surface area contributed by atoms with Gasteiger partial charge in [-0.15, -0.1) is 11.3 Å². The smallest absolute Gasteiger partial charge is 0.328 e. The van der Waals surface area contributed by atoms with E-state index in [4.69, 9.17) is 9.47 Å². The molecule has 2 aromatic rings. The summed E-state index contributed by atoms with van der Waals surface area (Å²) >= 11 is 1.34. The second-order valence-corrected chi connectivity index (χ2v) is 7.78. The van der Waals surface area contributed by atoms with E-state index in [0.29, 0.717) is 30.3 Å². The lowest BCUT2D eigenvalue weighted by atomic mass is 10.0. The molecule has 30 heavy (non-hydrogen) atoms. The summed E-state index contributed by atoms with van der Waals surface area (Å²) in [5.74, 6) is -0.417. The molecule has 3 rings (SSSR count). The van der Waals surface area contributed by atoms with Crippen LogP contribution in [0.3, 0.4) is 0 Å². The molecule has 2 atom stereocenters. The summed E-state index contributed by atoms with van der Waals surface area (Å²) in [5, 5.41) is 7.74. The molecular formula is C21H25N3O5S. The number of carbonyl (C=O) groups is 3. The fourth-order valence-electron chi connectivity index (χ4n) is 3.32. The molecule has 9 heteroatoms. The van der Waals surface area contributed by atoms with Crippen LogP contribution in [0.15, 0.2) is 41.8 Å². The SMILES string of the molecule is COC(=O)[C@H](Cc1ccc(OC)cc1)NC(=O)[C@H]1CNCCN1C(=O)c1cccs1. The summed E-state index contributed by atoms with van der Waals surface area (Å²) in [6, 6.07) is 9.21. The van der Waals surface area contributed by atoms with Crippen molar-refractivity contribution >= 4 is 29.1 Å². The van der Waals surface area contributed by atoms with Crippen LogP contribution < -0.4 is 15.4 Å². The van der Waals surface area contributed by atoms with E-state index in [9.17, 15) is 14.4 Å². The number of thiophene rings is 1. The lowest BCUT2D eigenvalue weighted by Gasteiger charge is -2.35. The predicted molar refractivity (Wildman–Crippen MR) is 113 cm³/mol. The lowest BCUT2D eigenvalue weighted by molar-refractivity contribution is -0.145. The normalized spacial score (nSPS) is 17.1. The van der Waals surface area contributed by atoms with Gasteiger partial charge in [-0.25, -0.2) is 4.79 Å². The molecule has 2 amide bonds. The van der Waals surface area contributed by atoms with Crippen molar-refractivity contribution in [3.63, 3.8) is 0 Å². The van der Waals surface area contributed by atoms with Crippen molar-refractivity contribution in [1.29, 1.82) is 0 Å². The minimum Gasteiger partial charge on any atom is -0.497 e. The largest absolute Gasteiger partial charge is 0.497 e. The Kier molecular flexibility index (Phi) is 7.42. The van der Waals surface area contributed by atoms with Gasteiger partial charge in [-0.05, 0) is 29.1 Å². The van der Waals surface area contributed by atoms with Gasteiger partial charge >= 0.3 is 5.97 Å².